The van der Waals surface area contributed by atoms with Crippen LogP contribution in [0, 0.1) is 5.92 Å². The van der Waals surface area contributed by atoms with Gasteiger partial charge in [0.15, 0.2) is 9.84 Å². The summed E-state index contributed by atoms with van der Waals surface area (Å²) in [5, 5.41) is 2.88. The van der Waals surface area contributed by atoms with Crippen molar-refractivity contribution < 1.29 is 13.2 Å². The maximum Gasteiger partial charge on any atom is 0.235 e. The van der Waals surface area contributed by atoms with Crippen LogP contribution in [0.25, 0.3) is 0 Å². The Morgan fingerprint density at radius 2 is 1.85 bits per heavy atom. The smallest absolute Gasteiger partial charge is 0.235 e. The molecule has 0 aromatic heterocycles. The van der Waals surface area contributed by atoms with Crippen LogP contribution in [0.5, 0.6) is 0 Å². The molecule has 110 valence electrons. The molecule has 0 unspecified atom stereocenters. The number of carbonyl (C=O) groups excluding carboxylic acids is 1. The third-order valence-corrected chi connectivity index (χ3v) is 5.51. The average Bonchev–Trinajstić information content (AvgIpc) is 2.42. The van der Waals surface area contributed by atoms with Crippen molar-refractivity contribution in [2.24, 2.45) is 5.92 Å². The van der Waals surface area contributed by atoms with Crippen LogP contribution in [0.2, 0.25) is 0 Å². The summed E-state index contributed by atoms with van der Waals surface area (Å²) in [6, 6.07) is 8.23. The molecule has 0 aliphatic heterocycles. The Morgan fingerprint density at radius 3 is 2.50 bits per heavy atom. The summed E-state index contributed by atoms with van der Waals surface area (Å²) in [5.74, 6) is -0.444. The van der Waals surface area contributed by atoms with E-state index in [4.69, 9.17) is 0 Å². The van der Waals surface area contributed by atoms with E-state index in [9.17, 15) is 13.2 Å². The molecular formula is C15H21NO3S. The fourth-order valence-corrected chi connectivity index (χ4v) is 3.83. The summed E-state index contributed by atoms with van der Waals surface area (Å²) in [6.45, 7) is 2.11. The molecule has 5 heteroatoms. The van der Waals surface area contributed by atoms with E-state index in [1.807, 2.05) is 0 Å². The van der Waals surface area contributed by atoms with Crippen LogP contribution in [0.3, 0.4) is 0 Å². The maximum absolute atomic E-state index is 12.1. The van der Waals surface area contributed by atoms with Gasteiger partial charge in [0, 0.05) is 6.04 Å². The molecular weight excluding hydrogens is 274 g/mol. The Kier molecular flexibility index (Phi) is 4.81. The number of nitrogens with one attached hydrogen (secondary N) is 1. The lowest BCUT2D eigenvalue weighted by Gasteiger charge is -2.29. The highest BCUT2D eigenvalue weighted by atomic mass is 32.2. The molecule has 1 saturated carbocycles. The molecule has 1 aromatic rings. The number of benzene rings is 1. The lowest BCUT2D eigenvalue weighted by atomic mass is 9.86. The second-order valence-electron chi connectivity index (χ2n) is 5.51. The zero-order valence-corrected chi connectivity index (χ0v) is 12.5. The first-order valence-electron chi connectivity index (χ1n) is 7.06. The lowest BCUT2D eigenvalue weighted by molar-refractivity contribution is -0.119. The van der Waals surface area contributed by atoms with Gasteiger partial charge in [0.05, 0.1) is 4.90 Å². The number of rotatable bonds is 4. The molecule has 20 heavy (non-hydrogen) atoms. The number of sulfone groups is 1. The van der Waals surface area contributed by atoms with Crippen molar-refractivity contribution in [2.45, 2.75) is 43.5 Å². The highest BCUT2D eigenvalue weighted by Gasteiger charge is 2.25. The SMILES string of the molecule is C[C@H]1CCCC[C@@H]1NC(=O)CS(=O)(=O)c1ccccc1. The fourth-order valence-electron chi connectivity index (χ4n) is 2.66. The van der Waals surface area contributed by atoms with Gasteiger partial charge in [0.1, 0.15) is 5.75 Å². The van der Waals surface area contributed by atoms with Gasteiger partial charge in [-0.3, -0.25) is 4.79 Å². The van der Waals surface area contributed by atoms with E-state index in [2.05, 4.69) is 12.2 Å². The Balaban J connectivity index is 1.97. The minimum Gasteiger partial charge on any atom is -0.352 e. The molecule has 0 radical (unpaired) electrons. The third-order valence-electron chi connectivity index (χ3n) is 3.88. The van der Waals surface area contributed by atoms with E-state index in [-0.39, 0.29) is 10.9 Å². The molecule has 1 aromatic carbocycles. The normalized spacial score (nSPS) is 23.2. The summed E-state index contributed by atoms with van der Waals surface area (Å²) in [6.07, 6.45) is 4.32. The minimum atomic E-state index is -3.54. The highest BCUT2D eigenvalue weighted by Crippen LogP contribution is 2.23. The maximum atomic E-state index is 12.1. The first kappa shape index (κ1) is 15.0. The second-order valence-corrected chi connectivity index (χ2v) is 7.50. The molecule has 0 bridgehead atoms. The van der Waals surface area contributed by atoms with Crippen molar-refractivity contribution in [2.75, 3.05) is 5.75 Å². The van der Waals surface area contributed by atoms with Gasteiger partial charge in [-0.25, -0.2) is 8.42 Å². The fraction of sp³-hybridized carbons (Fsp3) is 0.533. The summed E-state index contributed by atoms with van der Waals surface area (Å²) in [4.78, 5) is 12.2. The molecule has 2 rings (SSSR count). The van der Waals surface area contributed by atoms with Crippen LogP contribution in [0.15, 0.2) is 35.2 Å². The number of hydrogen-bond acceptors (Lipinski definition) is 3. The Labute approximate surface area is 120 Å². The summed E-state index contributed by atoms with van der Waals surface area (Å²) in [7, 11) is -3.54. The minimum absolute atomic E-state index is 0.113. The third kappa shape index (κ3) is 3.82. The number of carbonyl (C=O) groups is 1. The number of amides is 1. The largest absolute Gasteiger partial charge is 0.352 e. The zero-order chi connectivity index (χ0) is 14.6. The van der Waals surface area contributed by atoms with Gasteiger partial charge < -0.3 is 5.32 Å². The van der Waals surface area contributed by atoms with Crippen LogP contribution < -0.4 is 5.32 Å². The van der Waals surface area contributed by atoms with E-state index < -0.39 is 21.5 Å². The molecule has 0 spiro atoms. The topological polar surface area (TPSA) is 63.2 Å². The first-order valence-corrected chi connectivity index (χ1v) is 8.71. The van der Waals surface area contributed by atoms with Crippen LogP contribution in [0.1, 0.15) is 32.6 Å². The van der Waals surface area contributed by atoms with Crippen molar-refractivity contribution in [1.29, 1.82) is 0 Å². The van der Waals surface area contributed by atoms with Crippen molar-refractivity contribution in [3.63, 3.8) is 0 Å². The van der Waals surface area contributed by atoms with Crippen LogP contribution in [0.4, 0.5) is 0 Å². The monoisotopic (exact) mass is 295 g/mol. The van der Waals surface area contributed by atoms with Crippen molar-refractivity contribution in [3.05, 3.63) is 30.3 Å². The predicted octanol–water partition coefficient (Wildman–Crippen LogP) is 2.16. The molecule has 0 saturated heterocycles. The first-order chi connectivity index (χ1) is 9.49. The lowest BCUT2D eigenvalue weighted by Crippen LogP contribution is -2.43. The van der Waals surface area contributed by atoms with Crippen LogP contribution in [-0.2, 0) is 14.6 Å². The molecule has 4 nitrogen and oxygen atoms in total. The second kappa shape index (κ2) is 6.39. The van der Waals surface area contributed by atoms with Crippen LogP contribution >= 0.6 is 0 Å². The molecule has 2 atom stereocenters. The van der Waals surface area contributed by atoms with Gasteiger partial charge in [-0.2, -0.15) is 0 Å². The van der Waals surface area contributed by atoms with Gasteiger partial charge in [-0.1, -0.05) is 38.0 Å². The van der Waals surface area contributed by atoms with E-state index in [1.165, 1.54) is 18.6 Å². The van der Waals surface area contributed by atoms with E-state index in [0.29, 0.717) is 5.92 Å². The van der Waals surface area contributed by atoms with Gasteiger partial charge >= 0.3 is 0 Å². The quantitative estimate of drug-likeness (QED) is 0.926. The van der Waals surface area contributed by atoms with Crippen LogP contribution in [-0.4, -0.2) is 26.1 Å². The van der Waals surface area contributed by atoms with Gasteiger partial charge in [0.2, 0.25) is 5.91 Å². The standard InChI is InChI=1S/C15H21NO3S/c1-12-7-5-6-10-14(12)16-15(17)11-20(18,19)13-8-3-2-4-9-13/h2-4,8-9,12,14H,5-7,10-11H2,1H3,(H,16,17)/t12-,14-/m0/s1. The summed E-state index contributed by atoms with van der Waals surface area (Å²) in [5.41, 5.74) is 0. The Hall–Kier alpha value is -1.36. The van der Waals surface area contributed by atoms with Crippen molar-refractivity contribution in [1.82, 2.24) is 5.32 Å². The number of hydrogen-bond donors (Lipinski definition) is 1. The Bertz CT molecular complexity index is 554. The van der Waals surface area contributed by atoms with Gasteiger partial charge in [-0.15, -0.1) is 0 Å². The van der Waals surface area contributed by atoms with E-state index in [0.717, 1.165) is 19.3 Å². The van der Waals surface area contributed by atoms with E-state index in [1.54, 1.807) is 18.2 Å². The summed E-state index contributed by atoms with van der Waals surface area (Å²) < 4.78 is 24.2. The van der Waals surface area contributed by atoms with E-state index >= 15 is 0 Å². The molecule has 0 heterocycles. The molecule has 1 aliphatic rings. The highest BCUT2D eigenvalue weighted by molar-refractivity contribution is 7.92. The predicted molar refractivity (Wildman–Crippen MR) is 78.1 cm³/mol. The van der Waals surface area contributed by atoms with Crippen molar-refractivity contribution in [3.8, 4) is 0 Å². The molecule has 1 amide bonds. The van der Waals surface area contributed by atoms with Gasteiger partial charge in [-0.05, 0) is 30.9 Å². The summed E-state index contributed by atoms with van der Waals surface area (Å²) >= 11 is 0. The van der Waals surface area contributed by atoms with Gasteiger partial charge in [0.25, 0.3) is 0 Å². The zero-order valence-electron chi connectivity index (χ0n) is 11.7. The molecule has 1 fully saturated rings. The Morgan fingerprint density at radius 1 is 1.20 bits per heavy atom. The van der Waals surface area contributed by atoms with Crippen molar-refractivity contribution >= 4 is 15.7 Å². The average molecular weight is 295 g/mol. The molecule has 1 N–H and O–H groups in total. The molecule has 1 aliphatic carbocycles.